The van der Waals surface area contributed by atoms with Gasteiger partial charge in [-0.3, -0.25) is 0 Å². The SMILES string of the molecule is C=C1N(C(C)C)c2cc3c(NC(C)c4cccc(C(C)(F)F)c4F)nnc(C)c3cc2C1(C)C. The summed E-state index contributed by atoms with van der Waals surface area (Å²) in [5.74, 6) is -3.71. The molecule has 180 valence electrons. The number of allylic oxidation sites excluding steroid dienone is 1. The van der Waals surface area contributed by atoms with Crippen molar-refractivity contribution in [2.45, 2.75) is 71.9 Å². The highest BCUT2D eigenvalue weighted by Gasteiger charge is 2.40. The molecule has 1 aliphatic rings. The Morgan fingerprint density at radius 2 is 1.76 bits per heavy atom. The molecule has 0 aliphatic carbocycles. The summed E-state index contributed by atoms with van der Waals surface area (Å²) in [5, 5.41) is 13.7. The normalized spacial score (nSPS) is 16.3. The van der Waals surface area contributed by atoms with Gasteiger partial charge in [-0.1, -0.05) is 38.6 Å². The fourth-order valence-corrected chi connectivity index (χ4v) is 4.82. The number of halogens is 3. The maximum atomic E-state index is 15.0. The van der Waals surface area contributed by atoms with Crippen LogP contribution in [-0.2, 0) is 11.3 Å². The predicted octanol–water partition coefficient (Wildman–Crippen LogP) is 7.38. The van der Waals surface area contributed by atoms with E-state index in [-0.39, 0.29) is 17.0 Å². The largest absolute Gasteiger partial charge is 0.361 e. The number of hydrogen-bond acceptors (Lipinski definition) is 4. The molecule has 1 aromatic heterocycles. The van der Waals surface area contributed by atoms with Gasteiger partial charge in [0.15, 0.2) is 5.82 Å². The van der Waals surface area contributed by atoms with Crippen LogP contribution < -0.4 is 10.2 Å². The standard InChI is InChI=1S/C27H31F3N4/c1-14(2)34-17(5)26(6,7)22-12-19-16(4)32-33-25(20(19)13-23(22)34)31-15(3)18-10-9-11-21(24(18)28)27(8,29)30/h9-15H,5H2,1-4,6-8H3,(H,31,33). The van der Waals surface area contributed by atoms with Gasteiger partial charge in [-0.05, 0) is 45.4 Å². The first-order chi connectivity index (χ1) is 15.7. The Balaban J connectivity index is 1.83. The third-order valence-corrected chi connectivity index (χ3v) is 6.86. The average Bonchev–Trinajstić information content (AvgIpc) is 2.93. The third kappa shape index (κ3) is 3.71. The maximum Gasteiger partial charge on any atom is 0.273 e. The molecule has 0 saturated heterocycles. The number of benzene rings is 2. The first kappa shape index (κ1) is 24.0. The van der Waals surface area contributed by atoms with Crippen LogP contribution in [0.15, 0.2) is 42.6 Å². The Bertz CT molecular complexity index is 1290. The van der Waals surface area contributed by atoms with Crippen LogP contribution in [0.5, 0.6) is 0 Å². The Morgan fingerprint density at radius 1 is 1.09 bits per heavy atom. The topological polar surface area (TPSA) is 41.0 Å². The molecule has 0 spiro atoms. The molecular weight excluding hydrogens is 437 g/mol. The summed E-state index contributed by atoms with van der Waals surface area (Å²) in [6.45, 7) is 17.2. The van der Waals surface area contributed by atoms with Crippen LogP contribution in [0.25, 0.3) is 10.8 Å². The Morgan fingerprint density at radius 3 is 2.38 bits per heavy atom. The molecule has 4 nitrogen and oxygen atoms in total. The molecule has 7 heteroatoms. The van der Waals surface area contributed by atoms with E-state index in [2.05, 4.69) is 66.8 Å². The average molecular weight is 469 g/mol. The van der Waals surface area contributed by atoms with Crippen LogP contribution in [-0.4, -0.2) is 16.2 Å². The van der Waals surface area contributed by atoms with Gasteiger partial charge < -0.3 is 10.2 Å². The molecule has 0 fully saturated rings. The van der Waals surface area contributed by atoms with Gasteiger partial charge in [0.25, 0.3) is 5.92 Å². The number of alkyl halides is 2. The molecule has 0 bridgehead atoms. The summed E-state index contributed by atoms with van der Waals surface area (Å²) in [5.41, 5.74) is 3.31. The smallest absolute Gasteiger partial charge is 0.273 e. The zero-order valence-corrected chi connectivity index (χ0v) is 20.7. The van der Waals surface area contributed by atoms with Gasteiger partial charge in [0.2, 0.25) is 0 Å². The van der Waals surface area contributed by atoms with Gasteiger partial charge in [0.05, 0.1) is 17.3 Å². The lowest BCUT2D eigenvalue weighted by Gasteiger charge is -2.29. The molecule has 34 heavy (non-hydrogen) atoms. The van der Waals surface area contributed by atoms with Crippen molar-refractivity contribution in [3.8, 4) is 0 Å². The van der Waals surface area contributed by atoms with Gasteiger partial charge in [0, 0.05) is 46.1 Å². The number of nitrogens with zero attached hydrogens (tertiary/aromatic N) is 3. The summed E-state index contributed by atoms with van der Waals surface area (Å²) >= 11 is 0. The molecule has 1 atom stereocenters. The van der Waals surface area contributed by atoms with E-state index in [9.17, 15) is 13.2 Å². The van der Waals surface area contributed by atoms with Gasteiger partial charge in [0.1, 0.15) is 5.82 Å². The highest BCUT2D eigenvalue weighted by atomic mass is 19.3. The fourth-order valence-electron chi connectivity index (χ4n) is 4.82. The number of hydrogen-bond donors (Lipinski definition) is 1. The molecule has 1 unspecified atom stereocenters. The van der Waals surface area contributed by atoms with Crippen molar-refractivity contribution in [2.75, 3.05) is 10.2 Å². The quantitative estimate of drug-likeness (QED) is 0.424. The molecule has 0 saturated carbocycles. The molecule has 4 rings (SSSR count). The monoisotopic (exact) mass is 468 g/mol. The molecule has 1 N–H and O–H groups in total. The molecule has 0 radical (unpaired) electrons. The van der Waals surface area contributed by atoms with Crippen molar-refractivity contribution in [3.63, 3.8) is 0 Å². The van der Waals surface area contributed by atoms with E-state index < -0.39 is 23.3 Å². The minimum atomic E-state index is -3.27. The van der Waals surface area contributed by atoms with Crippen molar-refractivity contribution < 1.29 is 13.2 Å². The highest BCUT2D eigenvalue weighted by molar-refractivity contribution is 5.98. The van der Waals surface area contributed by atoms with Crippen molar-refractivity contribution >= 4 is 22.3 Å². The molecule has 1 aliphatic heterocycles. The van der Waals surface area contributed by atoms with Crippen LogP contribution >= 0.6 is 0 Å². The van der Waals surface area contributed by atoms with E-state index in [0.29, 0.717) is 12.7 Å². The Hall–Kier alpha value is -3.09. The van der Waals surface area contributed by atoms with Crippen LogP contribution in [0, 0.1) is 12.7 Å². The molecule has 2 aromatic carbocycles. The number of anilines is 2. The van der Waals surface area contributed by atoms with E-state index in [1.807, 2.05) is 6.92 Å². The third-order valence-electron chi connectivity index (χ3n) is 6.86. The maximum absolute atomic E-state index is 15.0. The van der Waals surface area contributed by atoms with E-state index >= 15 is 0 Å². The minimum Gasteiger partial charge on any atom is -0.361 e. The van der Waals surface area contributed by atoms with Crippen LogP contribution in [0.2, 0.25) is 0 Å². The van der Waals surface area contributed by atoms with Crippen molar-refractivity contribution in [1.29, 1.82) is 0 Å². The second-order valence-electron chi connectivity index (χ2n) is 10.0. The second-order valence-corrected chi connectivity index (χ2v) is 10.0. The fraction of sp³-hybridized carbons (Fsp3) is 0.407. The lowest BCUT2D eigenvalue weighted by Crippen LogP contribution is -2.30. The van der Waals surface area contributed by atoms with E-state index in [1.54, 1.807) is 6.92 Å². The van der Waals surface area contributed by atoms with Crippen molar-refractivity contribution in [3.05, 3.63) is 70.8 Å². The summed E-state index contributed by atoms with van der Waals surface area (Å²) in [7, 11) is 0. The van der Waals surface area contributed by atoms with Crippen LogP contribution in [0.1, 0.15) is 70.0 Å². The van der Waals surface area contributed by atoms with E-state index in [1.165, 1.54) is 12.1 Å². The van der Waals surface area contributed by atoms with Crippen molar-refractivity contribution in [1.82, 2.24) is 10.2 Å². The van der Waals surface area contributed by atoms with Crippen molar-refractivity contribution in [2.24, 2.45) is 0 Å². The summed E-state index contributed by atoms with van der Waals surface area (Å²) in [6, 6.07) is 7.89. The number of nitrogens with one attached hydrogen (secondary N) is 1. The highest BCUT2D eigenvalue weighted by Crippen LogP contribution is 2.50. The van der Waals surface area contributed by atoms with Gasteiger partial charge in [-0.15, -0.1) is 5.10 Å². The Labute approximate surface area is 198 Å². The first-order valence-electron chi connectivity index (χ1n) is 11.5. The molecule has 2 heterocycles. The molecule has 0 amide bonds. The summed E-state index contributed by atoms with van der Waals surface area (Å²) in [6.07, 6.45) is 0. The number of fused-ring (bicyclic) bond motifs is 2. The predicted molar refractivity (Wildman–Crippen MR) is 132 cm³/mol. The molecular formula is C27H31F3N4. The zero-order chi connectivity index (χ0) is 25.2. The summed E-state index contributed by atoms with van der Waals surface area (Å²) in [4.78, 5) is 2.23. The van der Waals surface area contributed by atoms with E-state index in [4.69, 9.17) is 0 Å². The Kier molecular flexibility index (Phi) is 5.66. The lowest BCUT2D eigenvalue weighted by molar-refractivity contribution is 0.0136. The number of aryl methyl sites for hydroxylation is 1. The van der Waals surface area contributed by atoms with Gasteiger partial charge in [-0.2, -0.15) is 5.10 Å². The van der Waals surface area contributed by atoms with Crippen LogP contribution in [0.4, 0.5) is 24.7 Å². The van der Waals surface area contributed by atoms with Crippen LogP contribution in [0.3, 0.4) is 0 Å². The lowest BCUT2D eigenvalue weighted by atomic mass is 9.83. The minimum absolute atomic E-state index is 0.147. The second kappa shape index (κ2) is 8.00. The number of rotatable bonds is 5. The summed E-state index contributed by atoms with van der Waals surface area (Å²) < 4.78 is 42.7. The van der Waals surface area contributed by atoms with E-state index in [0.717, 1.165) is 39.5 Å². The van der Waals surface area contributed by atoms with Gasteiger partial charge >= 0.3 is 0 Å². The number of aromatic nitrogens is 2. The van der Waals surface area contributed by atoms with Gasteiger partial charge in [-0.25, -0.2) is 13.2 Å². The first-order valence-corrected chi connectivity index (χ1v) is 11.5. The molecule has 3 aromatic rings. The zero-order valence-electron chi connectivity index (χ0n) is 20.7.